The van der Waals surface area contributed by atoms with E-state index in [9.17, 15) is 14.4 Å². The maximum Gasteiger partial charge on any atom is 0.338 e. The van der Waals surface area contributed by atoms with Crippen LogP contribution in [0.1, 0.15) is 90.4 Å². The van der Waals surface area contributed by atoms with Crippen LogP contribution in [-0.4, -0.2) is 37.7 Å². The highest BCUT2D eigenvalue weighted by molar-refractivity contribution is 5.90. The standard InChI is InChI=1S/C41H46O6/c1-32(16-13-19-34(3)30-46-40(43)37-24-9-5-10-25-37)17-14-20-35(31-47-41(44)38-26-11-6-12-27-38)21-15-18-33(2)28-29-45-39(42)36-22-7-4-8-23-36/h4-12,17,19,21-28H,13-16,18,20,29-31H2,1-3H3. The summed E-state index contributed by atoms with van der Waals surface area (Å²) in [5.41, 5.74) is 6.11. The maximum atomic E-state index is 12.6. The second-order valence-corrected chi connectivity index (χ2v) is 11.5. The van der Waals surface area contributed by atoms with Gasteiger partial charge in [0.15, 0.2) is 0 Å². The monoisotopic (exact) mass is 634 g/mol. The molecule has 3 aromatic carbocycles. The van der Waals surface area contributed by atoms with Gasteiger partial charge in [0, 0.05) is 0 Å². The Morgan fingerprint density at radius 1 is 0.468 bits per heavy atom. The second-order valence-electron chi connectivity index (χ2n) is 11.5. The summed E-state index contributed by atoms with van der Waals surface area (Å²) in [6, 6.07) is 27.0. The minimum absolute atomic E-state index is 0.225. The fraction of sp³-hybridized carbons (Fsp3) is 0.293. The van der Waals surface area contributed by atoms with E-state index in [1.165, 1.54) is 5.57 Å². The third-order valence-electron chi connectivity index (χ3n) is 7.46. The topological polar surface area (TPSA) is 78.9 Å². The molecule has 0 N–H and O–H groups in total. The number of ether oxygens (including phenoxy) is 3. The Bertz CT molecular complexity index is 1530. The molecule has 6 heteroatoms. The van der Waals surface area contributed by atoms with Crippen molar-refractivity contribution in [1.82, 2.24) is 0 Å². The first-order valence-corrected chi connectivity index (χ1v) is 16.1. The van der Waals surface area contributed by atoms with Crippen LogP contribution in [0.5, 0.6) is 0 Å². The van der Waals surface area contributed by atoms with Crippen LogP contribution < -0.4 is 0 Å². The molecular formula is C41H46O6. The lowest BCUT2D eigenvalue weighted by Gasteiger charge is -2.10. The number of benzene rings is 3. The maximum absolute atomic E-state index is 12.6. The van der Waals surface area contributed by atoms with Gasteiger partial charge in [0.1, 0.15) is 19.8 Å². The lowest BCUT2D eigenvalue weighted by Crippen LogP contribution is -2.08. The van der Waals surface area contributed by atoms with Crippen molar-refractivity contribution in [1.29, 1.82) is 0 Å². The molecule has 0 heterocycles. The quantitative estimate of drug-likeness (QED) is 0.0788. The average Bonchev–Trinajstić information content (AvgIpc) is 3.10. The van der Waals surface area contributed by atoms with Gasteiger partial charge in [0.25, 0.3) is 0 Å². The van der Waals surface area contributed by atoms with E-state index in [0.717, 1.165) is 55.2 Å². The van der Waals surface area contributed by atoms with Gasteiger partial charge in [-0.3, -0.25) is 0 Å². The van der Waals surface area contributed by atoms with Crippen molar-refractivity contribution in [2.24, 2.45) is 0 Å². The Hall–Kier alpha value is -4.97. The van der Waals surface area contributed by atoms with Crippen LogP contribution in [-0.2, 0) is 14.2 Å². The van der Waals surface area contributed by atoms with Gasteiger partial charge >= 0.3 is 17.9 Å². The third-order valence-corrected chi connectivity index (χ3v) is 7.46. The smallest absolute Gasteiger partial charge is 0.338 e. The van der Waals surface area contributed by atoms with Crippen LogP contribution in [0.25, 0.3) is 0 Å². The molecule has 47 heavy (non-hydrogen) atoms. The van der Waals surface area contributed by atoms with Gasteiger partial charge in [-0.15, -0.1) is 0 Å². The largest absolute Gasteiger partial charge is 0.458 e. The van der Waals surface area contributed by atoms with E-state index in [2.05, 4.69) is 25.2 Å². The van der Waals surface area contributed by atoms with Gasteiger partial charge in [0.2, 0.25) is 0 Å². The predicted octanol–water partition coefficient (Wildman–Crippen LogP) is 9.66. The Morgan fingerprint density at radius 3 is 1.40 bits per heavy atom. The fourth-order valence-electron chi connectivity index (χ4n) is 4.62. The van der Waals surface area contributed by atoms with E-state index >= 15 is 0 Å². The average molecular weight is 635 g/mol. The molecule has 0 unspecified atom stereocenters. The van der Waals surface area contributed by atoms with E-state index in [4.69, 9.17) is 14.2 Å². The Morgan fingerprint density at radius 2 is 0.872 bits per heavy atom. The van der Waals surface area contributed by atoms with Crippen LogP contribution in [0.4, 0.5) is 0 Å². The molecule has 246 valence electrons. The van der Waals surface area contributed by atoms with Crippen LogP contribution in [0.2, 0.25) is 0 Å². The molecule has 0 saturated carbocycles. The highest BCUT2D eigenvalue weighted by Crippen LogP contribution is 2.16. The molecule has 0 aliphatic rings. The third kappa shape index (κ3) is 14.8. The number of carbonyl (C=O) groups is 3. The van der Waals surface area contributed by atoms with Crippen LogP contribution >= 0.6 is 0 Å². The van der Waals surface area contributed by atoms with Gasteiger partial charge in [0.05, 0.1) is 16.7 Å². The Balaban J connectivity index is 1.47. The van der Waals surface area contributed by atoms with Gasteiger partial charge in [-0.25, -0.2) is 14.4 Å². The van der Waals surface area contributed by atoms with E-state index in [0.29, 0.717) is 16.7 Å². The molecule has 0 fully saturated rings. The highest BCUT2D eigenvalue weighted by atomic mass is 16.5. The van der Waals surface area contributed by atoms with Gasteiger partial charge in [-0.05, 0) is 113 Å². The first-order chi connectivity index (χ1) is 22.8. The van der Waals surface area contributed by atoms with Crippen LogP contribution in [0.3, 0.4) is 0 Å². The molecule has 0 saturated heterocycles. The minimum Gasteiger partial charge on any atom is -0.458 e. The van der Waals surface area contributed by atoms with Crippen molar-refractivity contribution in [3.63, 3.8) is 0 Å². The molecule has 0 aliphatic heterocycles. The van der Waals surface area contributed by atoms with E-state index < -0.39 is 0 Å². The summed E-state index contributed by atoms with van der Waals surface area (Å²) < 4.78 is 16.4. The van der Waals surface area contributed by atoms with Crippen molar-refractivity contribution in [2.45, 2.75) is 59.3 Å². The van der Waals surface area contributed by atoms with Crippen molar-refractivity contribution in [2.75, 3.05) is 19.8 Å². The summed E-state index contributed by atoms with van der Waals surface area (Å²) in [6.45, 7) is 6.86. The summed E-state index contributed by atoms with van der Waals surface area (Å²) in [4.78, 5) is 36.9. The Kier molecular flexibility index (Phi) is 16.3. The molecule has 0 aromatic heterocycles. The zero-order valence-electron chi connectivity index (χ0n) is 27.8. The number of hydrogen-bond donors (Lipinski definition) is 0. The number of hydrogen-bond acceptors (Lipinski definition) is 6. The van der Waals surface area contributed by atoms with Crippen molar-refractivity contribution in [3.05, 3.63) is 154 Å². The highest BCUT2D eigenvalue weighted by Gasteiger charge is 2.09. The van der Waals surface area contributed by atoms with Gasteiger partial charge < -0.3 is 14.2 Å². The van der Waals surface area contributed by atoms with E-state index in [-0.39, 0.29) is 37.7 Å². The molecule has 6 nitrogen and oxygen atoms in total. The van der Waals surface area contributed by atoms with E-state index in [1.807, 2.05) is 74.5 Å². The van der Waals surface area contributed by atoms with Crippen molar-refractivity contribution < 1.29 is 28.6 Å². The van der Waals surface area contributed by atoms with Gasteiger partial charge in [-0.2, -0.15) is 0 Å². The molecule has 0 spiro atoms. The SMILES string of the molecule is CC(=CCCC(=CCCC(C)=CCOC(=O)c1ccccc1)COC(=O)c1ccccc1)CCC=C(C)COC(=O)c1ccccc1. The zero-order valence-corrected chi connectivity index (χ0v) is 27.8. The molecule has 0 radical (unpaired) electrons. The van der Waals surface area contributed by atoms with E-state index in [1.54, 1.807) is 36.4 Å². The number of carbonyl (C=O) groups excluding carboxylic acids is 3. The summed E-state index contributed by atoms with van der Waals surface area (Å²) in [5, 5.41) is 0. The van der Waals surface area contributed by atoms with Gasteiger partial charge in [-0.1, -0.05) is 84.0 Å². The molecular weight excluding hydrogens is 588 g/mol. The van der Waals surface area contributed by atoms with Crippen LogP contribution in [0.15, 0.2) is 138 Å². The fourth-order valence-corrected chi connectivity index (χ4v) is 4.62. The molecule has 0 amide bonds. The molecule has 0 bridgehead atoms. The normalized spacial score (nSPS) is 12.4. The lowest BCUT2D eigenvalue weighted by atomic mass is 10.0. The second kappa shape index (κ2) is 20.9. The summed E-state index contributed by atoms with van der Waals surface area (Å²) in [7, 11) is 0. The first-order valence-electron chi connectivity index (χ1n) is 16.1. The summed E-state index contributed by atoms with van der Waals surface area (Å²) in [5.74, 6) is -0.990. The number of allylic oxidation sites excluding steroid dienone is 5. The molecule has 0 aliphatic carbocycles. The minimum atomic E-state index is -0.337. The first kappa shape index (κ1) is 36.5. The molecule has 3 rings (SSSR count). The number of rotatable bonds is 18. The van der Waals surface area contributed by atoms with Crippen molar-refractivity contribution in [3.8, 4) is 0 Å². The summed E-state index contributed by atoms with van der Waals surface area (Å²) in [6.07, 6.45) is 13.4. The number of esters is 3. The summed E-state index contributed by atoms with van der Waals surface area (Å²) >= 11 is 0. The van der Waals surface area contributed by atoms with Crippen molar-refractivity contribution >= 4 is 17.9 Å². The lowest BCUT2D eigenvalue weighted by molar-refractivity contribution is 0.0529. The predicted molar refractivity (Wildman–Crippen MR) is 187 cm³/mol. The zero-order chi connectivity index (χ0) is 33.7. The molecule has 3 aromatic rings. The van der Waals surface area contributed by atoms with Crippen LogP contribution in [0, 0.1) is 0 Å². The molecule has 0 atom stereocenters. The Labute approximate surface area is 279 Å².